The van der Waals surface area contributed by atoms with E-state index in [4.69, 9.17) is 15.0 Å². The van der Waals surface area contributed by atoms with Crippen LogP contribution in [0.3, 0.4) is 0 Å². The van der Waals surface area contributed by atoms with E-state index in [0.717, 1.165) is 22.4 Å². The zero-order valence-corrected chi connectivity index (χ0v) is 30.3. The Morgan fingerprint density at radius 3 is 1.91 bits per heavy atom. The second-order valence-corrected chi connectivity index (χ2v) is 15.8. The molecule has 0 fully saturated rings. The van der Waals surface area contributed by atoms with Crippen molar-refractivity contribution in [3.8, 4) is 45.5 Å². The van der Waals surface area contributed by atoms with Gasteiger partial charge in [0.05, 0.1) is 16.7 Å². The fourth-order valence-corrected chi connectivity index (χ4v) is 10.4. The van der Waals surface area contributed by atoms with Crippen LogP contribution in [0.4, 0.5) is 0 Å². The van der Waals surface area contributed by atoms with Crippen LogP contribution in [0.5, 0.6) is 0 Å². The maximum atomic E-state index is 5.12. The van der Waals surface area contributed by atoms with Crippen LogP contribution in [-0.2, 0) is 0 Å². The lowest BCUT2D eigenvalue weighted by molar-refractivity contribution is 1.03. The molecule has 4 aromatic heterocycles. The van der Waals surface area contributed by atoms with E-state index in [1.807, 2.05) is 30.0 Å². The molecule has 0 saturated heterocycles. The zero-order valence-electron chi connectivity index (χ0n) is 28.6. The van der Waals surface area contributed by atoms with E-state index in [1.165, 1.54) is 68.5 Å². The number of thiophene rings is 1. The molecule has 1 aliphatic heterocycles. The maximum Gasteiger partial charge on any atom is 0.164 e. The summed E-state index contributed by atoms with van der Waals surface area (Å²) in [6.07, 6.45) is 0. The summed E-state index contributed by atoms with van der Waals surface area (Å²) in [6.45, 7) is 0. The van der Waals surface area contributed by atoms with Gasteiger partial charge in [0, 0.05) is 68.5 Å². The monoisotopic (exact) mass is 725 g/mol. The van der Waals surface area contributed by atoms with E-state index in [1.54, 1.807) is 11.3 Å². The molecule has 7 heteroatoms. The van der Waals surface area contributed by atoms with Crippen LogP contribution >= 0.6 is 23.1 Å². The summed E-state index contributed by atoms with van der Waals surface area (Å²) >= 11 is 3.65. The van der Waals surface area contributed by atoms with Crippen molar-refractivity contribution < 1.29 is 0 Å². The average Bonchev–Trinajstić information content (AvgIpc) is 3.89. The van der Waals surface area contributed by atoms with E-state index in [9.17, 15) is 0 Å². The molecule has 0 bridgehead atoms. The third-order valence-electron chi connectivity index (χ3n) is 10.6. The number of hydrogen-bond donors (Lipinski definition) is 0. The third-order valence-corrected chi connectivity index (χ3v) is 12.8. The van der Waals surface area contributed by atoms with Gasteiger partial charge >= 0.3 is 0 Å². The topological polar surface area (TPSA) is 48.5 Å². The van der Waals surface area contributed by atoms with Gasteiger partial charge in [-0.3, -0.25) is 9.13 Å². The molecule has 0 radical (unpaired) electrons. The molecule has 12 rings (SSSR count). The molecule has 11 aromatic rings. The number of fused-ring (bicyclic) bond motifs is 10. The molecule has 7 aromatic carbocycles. The molecule has 5 nitrogen and oxygen atoms in total. The average molecular weight is 726 g/mol. The largest absolute Gasteiger partial charge is 0.295 e. The maximum absolute atomic E-state index is 5.12. The SMILES string of the molecule is c1ccc(-c2nc(-c3ccc(-n4c5ccccc5c5c6cccc7c6n(c54)-c4ccccc4S7)cc3)nc(-c3ccc4c(c3)sc3ccccc34)n2)cc1. The molecule has 0 spiro atoms. The van der Waals surface area contributed by atoms with Gasteiger partial charge in [0.2, 0.25) is 0 Å². The number of benzene rings is 7. The van der Waals surface area contributed by atoms with Gasteiger partial charge in [0.25, 0.3) is 0 Å². The number of rotatable bonds is 4. The molecular formula is C47H27N5S2. The predicted octanol–water partition coefficient (Wildman–Crippen LogP) is 12.7. The van der Waals surface area contributed by atoms with Gasteiger partial charge in [-0.1, -0.05) is 115 Å². The summed E-state index contributed by atoms with van der Waals surface area (Å²) < 4.78 is 7.38. The summed E-state index contributed by atoms with van der Waals surface area (Å²) in [4.78, 5) is 17.7. The van der Waals surface area contributed by atoms with Crippen LogP contribution in [0, 0.1) is 0 Å². The van der Waals surface area contributed by atoms with E-state index in [2.05, 4.69) is 155 Å². The Hall–Kier alpha value is -6.54. The third kappa shape index (κ3) is 4.37. The van der Waals surface area contributed by atoms with Gasteiger partial charge < -0.3 is 0 Å². The number of hydrogen-bond acceptors (Lipinski definition) is 5. The van der Waals surface area contributed by atoms with Crippen molar-refractivity contribution in [2.45, 2.75) is 9.79 Å². The molecular weight excluding hydrogens is 699 g/mol. The second-order valence-electron chi connectivity index (χ2n) is 13.6. The van der Waals surface area contributed by atoms with Crippen molar-refractivity contribution in [3.63, 3.8) is 0 Å². The predicted molar refractivity (Wildman–Crippen MR) is 224 cm³/mol. The van der Waals surface area contributed by atoms with E-state index < -0.39 is 0 Å². The summed E-state index contributed by atoms with van der Waals surface area (Å²) in [6, 6.07) is 58.2. The number of nitrogens with zero attached hydrogens (tertiary/aromatic N) is 5. The van der Waals surface area contributed by atoms with Crippen molar-refractivity contribution in [2.24, 2.45) is 0 Å². The van der Waals surface area contributed by atoms with Crippen LogP contribution in [0.2, 0.25) is 0 Å². The first-order valence-electron chi connectivity index (χ1n) is 17.9. The van der Waals surface area contributed by atoms with Crippen molar-refractivity contribution in [2.75, 3.05) is 0 Å². The van der Waals surface area contributed by atoms with Gasteiger partial charge in [-0.25, -0.2) is 15.0 Å². The molecule has 0 N–H and O–H groups in total. The highest BCUT2D eigenvalue weighted by Crippen LogP contribution is 2.49. The summed E-state index contributed by atoms with van der Waals surface area (Å²) in [5, 5.41) is 6.32. The van der Waals surface area contributed by atoms with Crippen LogP contribution in [0.25, 0.3) is 98.5 Å². The Kier molecular flexibility index (Phi) is 6.37. The zero-order chi connectivity index (χ0) is 35.3. The molecule has 0 saturated carbocycles. The highest BCUT2D eigenvalue weighted by atomic mass is 32.2. The van der Waals surface area contributed by atoms with Crippen molar-refractivity contribution in [3.05, 3.63) is 164 Å². The Labute approximate surface area is 317 Å². The van der Waals surface area contributed by atoms with Crippen LogP contribution in [-0.4, -0.2) is 24.1 Å². The van der Waals surface area contributed by atoms with Crippen LogP contribution in [0.15, 0.2) is 174 Å². The lowest BCUT2D eigenvalue weighted by atomic mass is 10.1. The number of para-hydroxylation sites is 3. The Bertz CT molecular complexity index is 3300. The molecule has 54 heavy (non-hydrogen) atoms. The van der Waals surface area contributed by atoms with Crippen molar-refractivity contribution in [1.29, 1.82) is 0 Å². The number of aromatic nitrogens is 5. The van der Waals surface area contributed by atoms with Crippen molar-refractivity contribution >= 4 is 76.1 Å². The van der Waals surface area contributed by atoms with E-state index in [-0.39, 0.29) is 0 Å². The quantitative estimate of drug-likeness (QED) is 0.181. The Morgan fingerprint density at radius 2 is 1.06 bits per heavy atom. The Morgan fingerprint density at radius 1 is 0.426 bits per heavy atom. The molecule has 0 amide bonds. The summed E-state index contributed by atoms with van der Waals surface area (Å²) in [5.74, 6) is 1.95. The lowest BCUT2D eigenvalue weighted by Crippen LogP contribution is -2.05. The second kappa shape index (κ2) is 11.5. The minimum atomic E-state index is 0.642. The first-order chi connectivity index (χ1) is 26.8. The lowest BCUT2D eigenvalue weighted by Gasteiger charge is -2.21. The minimum absolute atomic E-state index is 0.642. The molecule has 0 unspecified atom stereocenters. The summed E-state index contributed by atoms with van der Waals surface area (Å²) in [7, 11) is 0. The minimum Gasteiger partial charge on any atom is -0.295 e. The highest BCUT2D eigenvalue weighted by molar-refractivity contribution is 7.99. The molecule has 1 aliphatic rings. The van der Waals surface area contributed by atoms with Gasteiger partial charge in [-0.15, -0.1) is 11.3 Å². The van der Waals surface area contributed by atoms with Crippen molar-refractivity contribution in [1.82, 2.24) is 24.1 Å². The fraction of sp³-hybridized carbons (Fsp3) is 0. The van der Waals surface area contributed by atoms with E-state index >= 15 is 0 Å². The van der Waals surface area contributed by atoms with Crippen LogP contribution < -0.4 is 0 Å². The van der Waals surface area contributed by atoms with Gasteiger partial charge in [0.1, 0.15) is 5.65 Å². The normalized spacial score (nSPS) is 12.4. The Balaban J connectivity index is 1.04. The highest BCUT2D eigenvalue weighted by Gasteiger charge is 2.27. The standard InChI is InChI=1S/C47H27N5S2/c1-2-11-28(12-3-1)44-48-45(50-46(49-44)30-23-26-33-32-13-5-8-18-38(32)53-41(33)27-30)29-21-24-31(25-22-29)51-36-16-6-4-14-34(36)42-35-15-10-20-40-43(35)52(47(42)51)37-17-7-9-19-39(37)54-40/h1-27H. The molecule has 5 heterocycles. The first-order valence-corrected chi connectivity index (χ1v) is 19.6. The summed E-state index contributed by atoms with van der Waals surface area (Å²) in [5.41, 5.74) is 8.76. The van der Waals surface area contributed by atoms with E-state index in [0.29, 0.717) is 17.5 Å². The molecule has 0 aliphatic carbocycles. The van der Waals surface area contributed by atoms with Gasteiger partial charge in [-0.2, -0.15) is 0 Å². The smallest absolute Gasteiger partial charge is 0.164 e. The van der Waals surface area contributed by atoms with Crippen LogP contribution in [0.1, 0.15) is 0 Å². The first kappa shape index (κ1) is 30.0. The molecule has 0 atom stereocenters. The fourth-order valence-electron chi connectivity index (χ4n) is 8.16. The van der Waals surface area contributed by atoms with Gasteiger partial charge in [0.15, 0.2) is 17.5 Å². The van der Waals surface area contributed by atoms with Gasteiger partial charge in [-0.05, 0) is 60.7 Å². The molecule has 252 valence electrons.